The third-order valence-corrected chi connectivity index (χ3v) is 2.12. The summed E-state index contributed by atoms with van der Waals surface area (Å²) in [5, 5.41) is 13.3. The van der Waals surface area contributed by atoms with Crippen molar-refractivity contribution in [2.45, 2.75) is 12.3 Å². The van der Waals surface area contributed by atoms with Gasteiger partial charge >= 0.3 is 0 Å². The smallest absolute Gasteiger partial charge is 0.287 e. The first-order chi connectivity index (χ1) is 6.53. The Labute approximate surface area is 80.7 Å². The van der Waals surface area contributed by atoms with Crippen molar-refractivity contribution in [2.24, 2.45) is 5.92 Å². The number of rotatable bonds is 5. The summed E-state index contributed by atoms with van der Waals surface area (Å²) >= 11 is 0. The topological polar surface area (TPSA) is 61.4 Å². The first-order valence-corrected chi connectivity index (χ1v) is 4.49. The Kier molecular flexibility index (Phi) is 3.77. The molecule has 0 aliphatic carbocycles. The van der Waals surface area contributed by atoms with E-state index in [-0.39, 0.29) is 18.2 Å². The molecule has 0 unspecified atom stereocenters. The number of nitrogens with one attached hydrogen (secondary N) is 2. The molecule has 6 heteroatoms. The van der Waals surface area contributed by atoms with E-state index < -0.39 is 19.1 Å². The van der Waals surface area contributed by atoms with Gasteiger partial charge in [0.05, 0.1) is 6.54 Å². The van der Waals surface area contributed by atoms with Crippen molar-refractivity contribution in [2.75, 3.05) is 26.2 Å². The van der Waals surface area contributed by atoms with E-state index in [0.717, 1.165) is 13.1 Å². The summed E-state index contributed by atoms with van der Waals surface area (Å²) < 4.78 is 24.9. The summed E-state index contributed by atoms with van der Waals surface area (Å²) in [5.74, 6) is -3.34. The Morgan fingerprint density at radius 2 is 2.21 bits per heavy atom. The average molecular weight is 208 g/mol. The first kappa shape index (κ1) is 11.3. The molecular weight excluding hydrogens is 194 g/mol. The standard InChI is InChI=1S/C8H14F2N2O2/c9-8(10,5-13)4-12-7(14)1-6-2-11-3-6/h6,11,13H,1-5H2,(H,12,14). The van der Waals surface area contributed by atoms with Crippen LogP contribution in [0.3, 0.4) is 0 Å². The van der Waals surface area contributed by atoms with Gasteiger partial charge in [0.25, 0.3) is 5.92 Å². The van der Waals surface area contributed by atoms with Crippen molar-refractivity contribution in [3.63, 3.8) is 0 Å². The maximum absolute atomic E-state index is 12.5. The Bertz CT molecular complexity index is 208. The van der Waals surface area contributed by atoms with Gasteiger partial charge in [-0.3, -0.25) is 4.79 Å². The molecule has 82 valence electrons. The van der Waals surface area contributed by atoms with Gasteiger partial charge in [0.15, 0.2) is 0 Å². The van der Waals surface area contributed by atoms with Gasteiger partial charge in [-0.2, -0.15) is 0 Å². The summed E-state index contributed by atoms with van der Waals surface area (Å²) in [7, 11) is 0. The van der Waals surface area contributed by atoms with E-state index in [0.29, 0.717) is 0 Å². The SMILES string of the molecule is O=C(CC1CNC1)NCC(F)(F)CO. The molecule has 0 aromatic carbocycles. The van der Waals surface area contributed by atoms with Crippen molar-refractivity contribution in [1.82, 2.24) is 10.6 Å². The molecule has 0 aromatic heterocycles. The zero-order valence-corrected chi connectivity index (χ0v) is 7.72. The summed E-state index contributed by atoms with van der Waals surface area (Å²) in [6.45, 7) is -0.492. The predicted octanol–water partition coefficient (Wildman–Crippen LogP) is -0.660. The fourth-order valence-corrected chi connectivity index (χ4v) is 1.11. The van der Waals surface area contributed by atoms with Gasteiger partial charge in [-0.1, -0.05) is 0 Å². The van der Waals surface area contributed by atoms with E-state index in [1.807, 2.05) is 0 Å². The second-order valence-electron chi connectivity index (χ2n) is 3.52. The van der Waals surface area contributed by atoms with Crippen LogP contribution in [0.25, 0.3) is 0 Å². The van der Waals surface area contributed by atoms with Crippen LogP contribution < -0.4 is 10.6 Å². The Morgan fingerprint density at radius 3 is 2.64 bits per heavy atom. The summed E-state index contributed by atoms with van der Waals surface area (Å²) in [6.07, 6.45) is 0.272. The molecule has 1 saturated heterocycles. The Hall–Kier alpha value is -0.750. The number of alkyl halides is 2. The highest BCUT2D eigenvalue weighted by molar-refractivity contribution is 5.76. The van der Waals surface area contributed by atoms with Crippen LogP contribution in [-0.2, 0) is 4.79 Å². The molecule has 1 aliphatic heterocycles. The van der Waals surface area contributed by atoms with Gasteiger partial charge in [0.2, 0.25) is 5.91 Å². The van der Waals surface area contributed by atoms with E-state index in [4.69, 9.17) is 5.11 Å². The maximum Gasteiger partial charge on any atom is 0.287 e. The number of hydrogen-bond acceptors (Lipinski definition) is 3. The van der Waals surface area contributed by atoms with Crippen LogP contribution >= 0.6 is 0 Å². The third-order valence-electron chi connectivity index (χ3n) is 2.12. The first-order valence-electron chi connectivity index (χ1n) is 4.49. The zero-order valence-electron chi connectivity index (χ0n) is 7.72. The van der Waals surface area contributed by atoms with Crippen LogP contribution in [0, 0.1) is 5.92 Å². The fourth-order valence-electron chi connectivity index (χ4n) is 1.11. The molecule has 1 heterocycles. The molecule has 0 atom stereocenters. The molecule has 3 N–H and O–H groups in total. The Morgan fingerprint density at radius 1 is 1.57 bits per heavy atom. The van der Waals surface area contributed by atoms with Crippen LogP contribution in [0.2, 0.25) is 0 Å². The lowest BCUT2D eigenvalue weighted by atomic mass is 9.99. The van der Waals surface area contributed by atoms with Crippen LogP contribution in [0.15, 0.2) is 0 Å². The molecule has 1 amide bonds. The monoisotopic (exact) mass is 208 g/mol. The van der Waals surface area contributed by atoms with Crippen molar-refractivity contribution < 1.29 is 18.7 Å². The molecule has 14 heavy (non-hydrogen) atoms. The minimum Gasteiger partial charge on any atom is -0.390 e. The van der Waals surface area contributed by atoms with Crippen LogP contribution in [0.1, 0.15) is 6.42 Å². The highest BCUT2D eigenvalue weighted by atomic mass is 19.3. The number of aliphatic hydroxyl groups is 1. The van der Waals surface area contributed by atoms with E-state index >= 15 is 0 Å². The number of carbonyl (C=O) groups excluding carboxylic acids is 1. The molecular formula is C8H14F2N2O2. The number of aliphatic hydroxyl groups excluding tert-OH is 1. The molecule has 1 rings (SSSR count). The van der Waals surface area contributed by atoms with Crippen molar-refractivity contribution in [1.29, 1.82) is 0 Å². The summed E-state index contributed by atoms with van der Waals surface area (Å²) in [6, 6.07) is 0. The quantitative estimate of drug-likeness (QED) is 0.562. The number of halogens is 2. The fraction of sp³-hybridized carbons (Fsp3) is 0.875. The molecule has 0 bridgehead atoms. The lowest BCUT2D eigenvalue weighted by molar-refractivity contribution is -0.125. The molecule has 1 fully saturated rings. The van der Waals surface area contributed by atoms with E-state index in [1.54, 1.807) is 0 Å². The largest absolute Gasteiger partial charge is 0.390 e. The molecule has 4 nitrogen and oxygen atoms in total. The van der Waals surface area contributed by atoms with Crippen LogP contribution in [0.5, 0.6) is 0 Å². The lowest BCUT2D eigenvalue weighted by Crippen LogP contribution is -2.46. The number of carbonyl (C=O) groups is 1. The van der Waals surface area contributed by atoms with E-state index in [2.05, 4.69) is 10.6 Å². The van der Waals surface area contributed by atoms with Gasteiger partial charge in [0.1, 0.15) is 6.61 Å². The molecule has 0 aromatic rings. The van der Waals surface area contributed by atoms with Gasteiger partial charge < -0.3 is 15.7 Å². The van der Waals surface area contributed by atoms with Crippen LogP contribution in [0.4, 0.5) is 8.78 Å². The maximum atomic E-state index is 12.5. The summed E-state index contributed by atoms with van der Waals surface area (Å²) in [5.41, 5.74) is 0. The van der Waals surface area contributed by atoms with Gasteiger partial charge in [-0.05, 0) is 19.0 Å². The molecule has 0 radical (unpaired) electrons. The van der Waals surface area contributed by atoms with Gasteiger partial charge in [-0.15, -0.1) is 0 Å². The number of hydrogen-bond donors (Lipinski definition) is 3. The highest BCUT2D eigenvalue weighted by Gasteiger charge is 2.29. The minimum atomic E-state index is -3.21. The molecule has 0 saturated carbocycles. The van der Waals surface area contributed by atoms with Gasteiger partial charge in [-0.25, -0.2) is 8.78 Å². The average Bonchev–Trinajstić information content (AvgIpc) is 2.08. The normalized spacial score (nSPS) is 17.6. The molecule has 1 aliphatic rings. The van der Waals surface area contributed by atoms with Crippen LogP contribution in [-0.4, -0.2) is 43.2 Å². The van der Waals surface area contributed by atoms with Crippen molar-refractivity contribution in [3.05, 3.63) is 0 Å². The summed E-state index contributed by atoms with van der Waals surface area (Å²) in [4.78, 5) is 11.1. The van der Waals surface area contributed by atoms with E-state index in [9.17, 15) is 13.6 Å². The predicted molar refractivity (Wildman–Crippen MR) is 46.0 cm³/mol. The zero-order chi connectivity index (χ0) is 10.6. The van der Waals surface area contributed by atoms with E-state index in [1.165, 1.54) is 0 Å². The number of amides is 1. The van der Waals surface area contributed by atoms with Gasteiger partial charge in [0, 0.05) is 6.42 Å². The minimum absolute atomic E-state index is 0.262. The second-order valence-corrected chi connectivity index (χ2v) is 3.52. The van der Waals surface area contributed by atoms with Crippen molar-refractivity contribution in [3.8, 4) is 0 Å². The van der Waals surface area contributed by atoms with Crippen molar-refractivity contribution >= 4 is 5.91 Å². The Balaban J connectivity index is 2.13. The highest BCUT2D eigenvalue weighted by Crippen LogP contribution is 2.11. The molecule has 0 spiro atoms. The second kappa shape index (κ2) is 4.65. The lowest BCUT2D eigenvalue weighted by Gasteiger charge is -2.26. The third kappa shape index (κ3) is 3.55.